The molecule has 0 aromatic rings. The summed E-state index contributed by atoms with van der Waals surface area (Å²) in [6.07, 6.45) is 4.21. The molecule has 0 amide bonds. The fourth-order valence-electron chi connectivity index (χ4n) is 0.814. The smallest absolute Gasteiger partial charge is 0.0569 e. The molecular weight excluding hydrogens is 136 g/mol. The van der Waals surface area contributed by atoms with Crippen molar-refractivity contribution in [3.05, 3.63) is 0 Å². The maximum atomic E-state index is 5.61. The van der Waals surface area contributed by atoms with Crippen LogP contribution in [0.2, 0.25) is 0 Å². The Balaban J connectivity index is 3.10. The first kappa shape index (κ1) is 11.0. The van der Waals surface area contributed by atoms with Gasteiger partial charge in [-0.2, -0.15) is 0 Å². The molecule has 68 valence electrons. The molecule has 0 heterocycles. The highest BCUT2D eigenvalue weighted by Gasteiger charge is 2.05. The minimum absolute atomic E-state index is 0.423. The fraction of sp³-hybridized carbons (Fsp3) is 1.00. The number of rotatable bonds is 6. The summed E-state index contributed by atoms with van der Waals surface area (Å²) in [5, 5.41) is 0. The van der Waals surface area contributed by atoms with Gasteiger partial charge in [0, 0.05) is 6.61 Å². The van der Waals surface area contributed by atoms with Gasteiger partial charge in [-0.05, 0) is 19.3 Å². The Morgan fingerprint density at radius 1 is 1.09 bits per heavy atom. The van der Waals surface area contributed by atoms with Gasteiger partial charge in [0.05, 0.1) is 6.10 Å². The van der Waals surface area contributed by atoms with Crippen LogP contribution < -0.4 is 0 Å². The van der Waals surface area contributed by atoms with E-state index in [-0.39, 0.29) is 0 Å². The van der Waals surface area contributed by atoms with E-state index >= 15 is 0 Å². The minimum Gasteiger partial charge on any atom is -0.378 e. The molecule has 0 aliphatic heterocycles. The number of hydrogen-bond acceptors (Lipinski definition) is 1. The second kappa shape index (κ2) is 6.66. The van der Waals surface area contributed by atoms with Crippen LogP contribution in [0.5, 0.6) is 0 Å². The fourth-order valence-corrected chi connectivity index (χ4v) is 0.814. The first-order valence-electron chi connectivity index (χ1n) is 4.80. The van der Waals surface area contributed by atoms with Crippen LogP contribution in [-0.2, 0) is 4.74 Å². The van der Waals surface area contributed by atoms with Crippen molar-refractivity contribution in [2.24, 2.45) is 5.92 Å². The summed E-state index contributed by atoms with van der Waals surface area (Å²) >= 11 is 0. The van der Waals surface area contributed by atoms with Gasteiger partial charge in [0.25, 0.3) is 0 Å². The maximum absolute atomic E-state index is 5.61. The van der Waals surface area contributed by atoms with E-state index in [0.717, 1.165) is 6.61 Å². The highest BCUT2D eigenvalue weighted by molar-refractivity contribution is 4.54. The summed E-state index contributed by atoms with van der Waals surface area (Å²) in [4.78, 5) is 0. The molecule has 0 unspecified atom stereocenters. The average Bonchev–Trinajstić information content (AvgIpc) is 1.97. The molecular formula is C10H22O. The molecule has 0 saturated carbocycles. The molecule has 0 aliphatic carbocycles. The van der Waals surface area contributed by atoms with Gasteiger partial charge >= 0.3 is 0 Å². The number of ether oxygens (including phenoxy) is 1. The van der Waals surface area contributed by atoms with Crippen LogP contribution in [0, 0.1) is 5.92 Å². The van der Waals surface area contributed by atoms with Crippen LogP contribution >= 0.6 is 0 Å². The van der Waals surface area contributed by atoms with Crippen molar-refractivity contribution in [2.75, 3.05) is 6.61 Å². The second-order valence-corrected chi connectivity index (χ2v) is 3.53. The first-order valence-corrected chi connectivity index (χ1v) is 4.80. The van der Waals surface area contributed by atoms with Crippen LogP contribution in [0.25, 0.3) is 0 Å². The normalized spacial score (nSPS) is 13.9. The third-order valence-corrected chi connectivity index (χ3v) is 2.07. The summed E-state index contributed by atoms with van der Waals surface area (Å²) < 4.78 is 5.61. The molecule has 0 N–H and O–H groups in total. The second-order valence-electron chi connectivity index (χ2n) is 3.53. The lowest BCUT2D eigenvalue weighted by molar-refractivity contribution is 0.0333. The summed E-state index contributed by atoms with van der Waals surface area (Å²) in [5.74, 6) is 0.650. The van der Waals surface area contributed by atoms with E-state index in [1.807, 2.05) is 0 Å². The molecule has 1 atom stereocenters. The highest BCUT2D eigenvalue weighted by Crippen LogP contribution is 2.06. The molecule has 1 nitrogen and oxygen atoms in total. The standard InChI is InChI=1S/C10H22O/c1-5-6-7-8-11-10(4)9(2)3/h9-10H,5-8H2,1-4H3/t10-/m1/s1. The summed E-state index contributed by atoms with van der Waals surface area (Å²) in [7, 11) is 0. The lowest BCUT2D eigenvalue weighted by atomic mass is 10.1. The van der Waals surface area contributed by atoms with Crippen LogP contribution in [0.4, 0.5) is 0 Å². The van der Waals surface area contributed by atoms with Crippen LogP contribution in [0.1, 0.15) is 47.0 Å². The molecule has 11 heavy (non-hydrogen) atoms. The first-order chi connectivity index (χ1) is 5.18. The molecule has 0 rings (SSSR count). The van der Waals surface area contributed by atoms with Gasteiger partial charge in [0.15, 0.2) is 0 Å². The SMILES string of the molecule is CCCCCO[C@H](C)C(C)C. The Labute approximate surface area is 71.1 Å². The summed E-state index contributed by atoms with van der Waals surface area (Å²) in [6, 6.07) is 0. The molecule has 0 aromatic heterocycles. The monoisotopic (exact) mass is 158 g/mol. The van der Waals surface area contributed by atoms with Gasteiger partial charge in [0.1, 0.15) is 0 Å². The van der Waals surface area contributed by atoms with Gasteiger partial charge in [0.2, 0.25) is 0 Å². The van der Waals surface area contributed by atoms with Crippen molar-refractivity contribution in [1.29, 1.82) is 0 Å². The van der Waals surface area contributed by atoms with E-state index in [2.05, 4.69) is 27.7 Å². The Bertz CT molecular complexity index is 78.9. The van der Waals surface area contributed by atoms with Crippen molar-refractivity contribution in [2.45, 2.75) is 53.1 Å². The lowest BCUT2D eigenvalue weighted by Gasteiger charge is -2.16. The minimum atomic E-state index is 0.423. The van der Waals surface area contributed by atoms with E-state index in [1.165, 1.54) is 19.3 Å². The average molecular weight is 158 g/mol. The largest absolute Gasteiger partial charge is 0.378 e. The molecule has 0 aromatic carbocycles. The van der Waals surface area contributed by atoms with Gasteiger partial charge in [-0.15, -0.1) is 0 Å². The third kappa shape index (κ3) is 6.36. The van der Waals surface area contributed by atoms with Crippen LogP contribution in [0.3, 0.4) is 0 Å². The van der Waals surface area contributed by atoms with Crippen LogP contribution in [-0.4, -0.2) is 12.7 Å². The van der Waals surface area contributed by atoms with Crippen LogP contribution in [0.15, 0.2) is 0 Å². The summed E-state index contributed by atoms with van der Waals surface area (Å²) in [6.45, 7) is 9.70. The highest BCUT2D eigenvalue weighted by atomic mass is 16.5. The molecule has 0 radical (unpaired) electrons. The van der Waals surface area contributed by atoms with Gasteiger partial charge < -0.3 is 4.74 Å². The van der Waals surface area contributed by atoms with Crippen molar-refractivity contribution in [3.63, 3.8) is 0 Å². The van der Waals surface area contributed by atoms with Gasteiger partial charge in [-0.1, -0.05) is 33.6 Å². The van der Waals surface area contributed by atoms with Gasteiger partial charge in [-0.25, -0.2) is 0 Å². The lowest BCUT2D eigenvalue weighted by Crippen LogP contribution is -2.15. The van der Waals surface area contributed by atoms with Crippen molar-refractivity contribution in [1.82, 2.24) is 0 Å². The van der Waals surface area contributed by atoms with Crippen molar-refractivity contribution < 1.29 is 4.74 Å². The van der Waals surface area contributed by atoms with E-state index in [0.29, 0.717) is 12.0 Å². The maximum Gasteiger partial charge on any atom is 0.0569 e. The molecule has 1 heteroatoms. The molecule has 0 spiro atoms. The quantitative estimate of drug-likeness (QED) is 0.539. The number of hydrogen-bond donors (Lipinski definition) is 0. The zero-order valence-corrected chi connectivity index (χ0v) is 8.39. The Morgan fingerprint density at radius 3 is 2.18 bits per heavy atom. The van der Waals surface area contributed by atoms with Crippen molar-refractivity contribution in [3.8, 4) is 0 Å². The molecule has 0 fully saturated rings. The zero-order chi connectivity index (χ0) is 8.69. The number of unbranched alkanes of at least 4 members (excludes halogenated alkanes) is 2. The third-order valence-electron chi connectivity index (χ3n) is 2.07. The molecule has 0 saturated heterocycles. The topological polar surface area (TPSA) is 9.23 Å². The molecule has 0 aliphatic rings. The van der Waals surface area contributed by atoms with E-state index < -0.39 is 0 Å². The van der Waals surface area contributed by atoms with Gasteiger partial charge in [-0.3, -0.25) is 0 Å². The Morgan fingerprint density at radius 2 is 1.73 bits per heavy atom. The predicted molar refractivity (Wildman–Crippen MR) is 49.8 cm³/mol. The van der Waals surface area contributed by atoms with E-state index in [1.54, 1.807) is 0 Å². The van der Waals surface area contributed by atoms with E-state index in [9.17, 15) is 0 Å². The zero-order valence-electron chi connectivity index (χ0n) is 8.39. The summed E-state index contributed by atoms with van der Waals surface area (Å²) in [5.41, 5.74) is 0. The Kier molecular flexibility index (Phi) is 6.63. The predicted octanol–water partition coefficient (Wildman–Crippen LogP) is 3.24. The van der Waals surface area contributed by atoms with E-state index in [4.69, 9.17) is 4.74 Å². The molecule has 0 bridgehead atoms. The van der Waals surface area contributed by atoms with Crippen molar-refractivity contribution >= 4 is 0 Å². The Hall–Kier alpha value is -0.0400.